The third-order valence-corrected chi connectivity index (χ3v) is 6.11. The topological polar surface area (TPSA) is 70.4 Å². The molecular formula is C22H26N4O2S. The summed E-state index contributed by atoms with van der Waals surface area (Å²) in [6, 6.07) is 13.7. The summed E-state index contributed by atoms with van der Waals surface area (Å²) in [6.07, 6.45) is 3.42. The van der Waals surface area contributed by atoms with Gasteiger partial charge in [0.2, 0.25) is 5.89 Å². The zero-order valence-corrected chi connectivity index (χ0v) is 17.4. The molecule has 0 spiro atoms. The van der Waals surface area contributed by atoms with Crippen molar-refractivity contribution in [1.82, 2.24) is 15.2 Å². The van der Waals surface area contributed by atoms with E-state index in [4.69, 9.17) is 9.40 Å². The number of urea groups is 1. The SMILES string of the molecule is Cc1oc(-c2cccs2)nc1CN1CCCCC1CNC(=O)Nc1ccccc1. The maximum absolute atomic E-state index is 12.2. The fourth-order valence-electron chi connectivity index (χ4n) is 3.68. The molecular weight excluding hydrogens is 384 g/mol. The molecule has 0 bridgehead atoms. The molecule has 3 heterocycles. The first-order valence-corrected chi connectivity index (χ1v) is 10.9. The number of nitrogens with one attached hydrogen (secondary N) is 2. The van der Waals surface area contributed by atoms with Gasteiger partial charge in [0.15, 0.2) is 0 Å². The molecule has 7 heteroatoms. The lowest BCUT2D eigenvalue weighted by atomic mass is 10.0. The Morgan fingerprint density at radius 3 is 2.90 bits per heavy atom. The van der Waals surface area contributed by atoms with Crippen molar-refractivity contribution in [3.8, 4) is 10.8 Å². The number of benzene rings is 1. The van der Waals surface area contributed by atoms with E-state index in [9.17, 15) is 4.79 Å². The minimum atomic E-state index is -0.167. The van der Waals surface area contributed by atoms with Crippen LogP contribution in [0.2, 0.25) is 0 Å². The number of anilines is 1. The second kappa shape index (κ2) is 9.24. The van der Waals surface area contributed by atoms with Crippen molar-refractivity contribution in [2.75, 3.05) is 18.4 Å². The Morgan fingerprint density at radius 1 is 1.24 bits per heavy atom. The number of amides is 2. The van der Waals surface area contributed by atoms with Crippen LogP contribution in [0.3, 0.4) is 0 Å². The summed E-state index contributed by atoms with van der Waals surface area (Å²) in [5, 5.41) is 7.93. The zero-order chi connectivity index (χ0) is 20.1. The molecule has 1 atom stereocenters. The molecule has 0 saturated carbocycles. The Morgan fingerprint density at radius 2 is 2.10 bits per heavy atom. The molecule has 2 aromatic heterocycles. The first kappa shape index (κ1) is 19.7. The fourth-order valence-corrected chi connectivity index (χ4v) is 4.33. The lowest BCUT2D eigenvalue weighted by Crippen LogP contribution is -2.47. The molecule has 4 rings (SSSR count). The van der Waals surface area contributed by atoms with Gasteiger partial charge in [-0.1, -0.05) is 30.7 Å². The van der Waals surface area contributed by atoms with Crippen LogP contribution in [-0.4, -0.2) is 35.0 Å². The minimum absolute atomic E-state index is 0.167. The third kappa shape index (κ3) is 5.05. The van der Waals surface area contributed by atoms with Gasteiger partial charge < -0.3 is 15.1 Å². The van der Waals surface area contributed by atoms with Crippen molar-refractivity contribution in [3.63, 3.8) is 0 Å². The van der Waals surface area contributed by atoms with Crippen molar-refractivity contribution in [2.45, 2.75) is 38.8 Å². The van der Waals surface area contributed by atoms with Crippen LogP contribution >= 0.6 is 11.3 Å². The van der Waals surface area contributed by atoms with Gasteiger partial charge in [-0.15, -0.1) is 11.3 Å². The van der Waals surface area contributed by atoms with Crippen LogP contribution < -0.4 is 10.6 Å². The number of hydrogen-bond donors (Lipinski definition) is 2. The molecule has 1 fully saturated rings. The molecule has 1 unspecified atom stereocenters. The van der Waals surface area contributed by atoms with E-state index in [0.717, 1.165) is 41.5 Å². The van der Waals surface area contributed by atoms with Crippen molar-refractivity contribution in [3.05, 3.63) is 59.3 Å². The van der Waals surface area contributed by atoms with E-state index in [2.05, 4.69) is 15.5 Å². The Kier molecular flexibility index (Phi) is 6.27. The van der Waals surface area contributed by atoms with E-state index in [-0.39, 0.29) is 6.03 Å². The Bertz CT molecular complexity index is 924. The quantitative estimate of drug-likeness (QED) is 0.607. The average Bonchev–Trinajstić information content (AvgIpc) is 3.38. The molecule has 152 valence electrons. The van der Waals surface area contributed by atoms with Gasteiger partial charge in [-0.2, -0.15) is 0 Å². The zero-order valence-electron chi connectivity index (χ0n) is 16.6. The van der Waals surface area contributed by atoms with Crippen LogP contribution in [0.15, 0.2) is 52.3 Å². The van der Waals surface area contributed by atoms with Gasteiger partial charge >= 0.3 is 6.03 Å². The van der Waals surface area contributed by atoms with Crippen LogP contribution in [0.25, 0.3) is 10.8 Å². The highest BCUT2D eigenvalue weighted by atomic mass is 32.1. The number of piperidine rings is 1. The molecule has 0 radical (unpaired) electrons. The Hall–Kier alpha value is -2.64. The highest BCUT2D eigenvalue weighted by Gasteiger charge is 2.25. The van der Waals surface area contributed by atoms with E-state index in [1.807, 2.05) is 54.8 Å². The van der Waals surface area contributed by atoms with E-state index in [1.54, 1.807) is 11.3 Å². The van der Waals surface area contributed by atoms with Gasteiger partial charge in [0.05, 0.1) is 10.6 Å². The fraction of sp³-hybridized carbons (Fsp3) is 0.364. The molecule has 1 aliphatic heterocycles. The lowest BCUT2D eigenvalue weighted by Gasteiger charge is -2.35. The second-order valence-corrected chi connectivity index (χ2v) is 8.27. The highest BCUT2D eigenvalue weighted by Crippen LogP contribution is 2.27. The molecule has 1 aliphatic rings. The number of oxazole rings is 1. The average molecular weight is 411 g/mol. The van der Waals surface area contributed by atoms with E-state index in [0.29, 0.717) is 18.5 Å². The summed E-state index contributed by atoms with van der Waals surface area (Å²) in [5.74, 6) is 1.56. The van der Waals surface area contributed by atoms with Crippen molar-refractivity contribution in [1.29, 1.82) is 0 Å². The van der Waals surface area contributed by atoms with Gasteiger partial charge in [-0.25, -0.2) is 9.78 Å². The van der Waals surface area contributed by atoms with Gasteiger partial charge in [0.25, 0.3) is 0 Å². The van der Waals surface area contributed by atoms with Crippen LogP contribution in [-0.2, 0) is 6.54 Å². The van der Waals surface area contributed by atoms with Crippen LogP contribution in [0, 0.1) is 6.92 Å². The maximum atomic E-state index is 12.2. The van der Waals surface area contributed by atoms with Crippen LogP contribution in [0.5, 0.6) is 0 Å². The van der Waals surface area contributed by atoms with Gasteiger partial charge in [0, 0.05) is 24.8 Å². The molecule has 1 aromatic carbocycles. The normalized spacial score (nSPS) is 17.2. The van der Waals surface area contributed by atoms with E-state index >= 15 is 0 Å². The van der Waals surface area contributed by atoms with Crippen molar-refractivity contribution in [2.24, 2.45) is 0 Å². The van der Waals surface area contributed by atoms with E-state index in [1.165, 1.54) is 12.8 Å². The number of aromatic nitrogens is 1. The molecule has 2 N–H and O–H groups in total. The molecule has 6 nitrogen and oxygen atoms in total. The van der Waals surface area contributed by atoms with Crippen LogP contribution in [0.4, 0.5) is 10.5 Å². The number of nitrogens with zero attached hydrogens (tertiary/aromatic N) is 2. The number of hydrogen-bond acceptors (Lipinski definition) is 5. The summed E-state index contributed by atoms with van der Waals surface area (Å²) in [7, 11) is 0. The lowest BCUT2D eigenvalue weighted by molar-refractivity contribution is 0.137. The van der Waals surface area contributed by atoms with E-state index < -0.39 is 0 Å². The molecule has 2 amide bonds. The highest BCUT2D eigenvalue weighted by molar-refractivity contribution is 7.13. The molecule has 0 aliphatic carbocycles. The third-order valence-electron chi connectivity index (χ3n) is 5.26. The number of aryl methyl sites for hydroxylation is 1. The smallest absolute Gasteiger partial charge is 0.319 e. The first-order chi connectivity index (χ1) is 14.2. The monoisotopic (exact) mass is 410 g/mol. The summed E-state index contributed by atoms with van der Waals surface area (Å²) in [5.41, 5.74) is 1.78. The minimum Gasteiger partial charge on any atom is -0.440 e. The van der Waals surface area contributed by atoms with Crippen molar-refractivity contribution < 1.29 is 9.21 Å². The van der Waals surface area contributed by atoms with Gasteiger partial charge in [-0.3, -0.25) is 4.90 Å². The van der Waals surface area contributed by atoms with Crippen molar-refractivity contribution >= 4 is 23.1 Å². The predicted octanol–water partition coefficient (Wildman–Crippen LogP) is 4.89. The number of para-hydroxylation sites is 1. The number of likely N-dealkylation sites (tertiary alicyclic amines) is 1. The summed E-state index contributed by atoms with van der Waals surface area (Å²) in [4.78, 5) is 20.4. The Balaban J connectivity index is 1.36. The predicted molar refractivity (Wildman–Crippen MR) is 116 cm³/mol. The summed E-state index contributed by atoms with van der Waals surface area (Å²) < 4.78 is 5.89. The molecule has 29 heavy (non-hydrogen) atoms. The summed E-state index contributed by atoms with van der Waals surface area (Å²) in [6.45, 7) is 4.35. The first-order valence-electron chi connectivity index (χ1n) is 10.0. The molecule has 3 aromatic rings. The largest absolute Gasteiger partial charge is 0.440 e. The number of rotatable bonds is 6. The molecule has 1 saturated heterocycles. The number of carbonyl (C=O) groups excluding carboxylic acids is 1. The summed E-state index contributed by atoms with van der Waals surface area (Å²) >= 11 is 1.63. The second-order valence-electron chi connectivity index (χ2n) is 7.32. The standard InChI is InChI=1S/C22H26N4O2S/c1-16-19(25-21(28-16)20-11-7-13-29-20)15-26-12-6-5-10-18(26)14-23-22(27)24-17-8-3-2-4-9-17/h2-4,7-9,11,13,18H,5-6,10,12,14-15H2,1H3,(H2,23,24,27). The Labute approximate surface area is 174 Å². The number of thiophene rings is 1. The number of carbonyl (C=O) groups is 1. The van der Waals surface area contributed by atoms with Gasteiger partial charge in [0.1, 0.15) is 5.76 Å². The maximum Gasteiger partial charge on any atom is 0.319 e. The van der Waals surface area contributed by atoms with Gasteiger partial charge in [-0.05, 0) is 49.9 Å². The van der Waals surface area contributed by atoms with Crippen LogP contribution in [0.1, 0.15) is 30.7 Å².